The highest BCUT2D eigenvalue weighted by atomic mass is 14.7. The first kappa shape index (κ1) is 9.97. The second-order valence-corrected chi connectivity index (χ2v) is 3.31. The molecular weight excluding hydrogens is 158 g/mol. The van der Waals surface area contributed by atoms with Gasteiger partial charge in [0.1, 0.15) is 0 Å². The molecule has 0 radical (unpaired) electrons. The van der Waals surface area contributed by atoms with Gasteiger partial charge < -0.3 is 0 Å². The molecule has 0 amide bonds. The van der Waals surface area contributed by atoms with Crippen LogP contribution in [0.4, 0.5) is 0 Å². The molecule has 1 heteroatoms. The van der Waals surface area contributed by atoms with Crippen LogP contribution in [-0.4, -0.2) is 12.3 Å². The lowest BCUT2D eigenvalue weighted by Crippen LogP contribution is -2.00. The van der Waals surface area contributed by atoms with Gasteiger partial charge in [0.2, 0.25) is 0 Å². The molecule has 0 heterocycles. The van der Waals surface area contributed by atoms with Gasteiger partial charge in [0.05, 0.1) is 0 Å². The van der Waals surface area contributed by atoms with Crippen molar-refractivity contribution in [2.75, 3.05) is 6.54 Å². The molecule has 70 valence electrons. The van der Waals surface area contributed by atoms with E-state index in [0.717, 1.165) is 12.3 Å². The van der Waals surface area contributed by atoms with Crippen molar-refractivity contribution >= 4 is 5.71 Å². The van der Waals surface area contributed by atoms with Crippen molar-refractivity contribution in [1.82, 2.24) is 0 Å². The van der Waals surface area contributed by atoms with E-state index >= 15 is 0 Å². The predicted octanol–water partition coefficient (Wildman–Crippen LogP) is 3.13. The van der Waals surface area contributed by atoms with Gasteiger partial charge in [-0.1, -0.05) is 18.2 Å². The van der Waals surface area contributed by atoms with E-state index < -0.39 is 0 Å². The topological polar surface area (TPSA) is 12.4 Å². The Kier molecular flexibility index (Phi) is 3.24. The number of aliphatic imine (C=N–C) groups is 1. The average molecular weight is 175 g/mol. The molecule has 0 fully saturated rings. The highest BCUT2D eigenvalue weighted by Crippen LogP contribution is 2.13. The summed E-state index contributed by atoms with van der Waals surface area (Å²) in [5, 5.41) is 0. The summed E-state index contributed by atoms with van der Waals surface area (Å²) in [7, 11) is 0. The van der Waals surface area contributed by atoms with Crippen molar-refractivity contribution in [2.24, 2.45) is 4.99 Å². The van der Waals surface area contributed by atoms with Gasteiger partial charge in [0.15, 0.2) is 0 Å². The summed E-state index contributed by atoms with van der Waals surface area (Å²) < 4.78 is 0. The summed E-state index contributed by atoms with van der Waals surface area (Å²) in [4.78, 5) is 4.41. The molecule has 0 bridgehead atoms. The lowest BCUT2D eigenvalue weighted by Gasteiger charge is -2.07. The lowest BCUT2D eigenvalue weighted by atomic mass is 10.0. The van der Waals surface area contributed by atoms with Gasteiger partial charge in [0.25, 0.3) is 0 Å². The Morgan fingerprint density at radius 1 is 1.31 bits per heavy atom. The Morgan fingerprint density at radius 3 is 2.62 bits per heavy atom. The van der Waals surface area contributed by atoms with Crippen LogP contribution in [0.5, 0.6) is 0 Å². The van der Waals surface area contributed by atoms with Crippen LogP contribution >= 0.6 is 0 Å². The van der Waals surface area contributed by atoms with Crippen molar-refractivity contribution < 1.29 is 0 Å². The van der Waals surface area contributed by atoms with Crippen LogP contribution in [0.2, 0.25) is 0 Å². The van der Waals surface area contributed by atoms with E-state index in [-0.39, 0.29) is 0 Å². The normalized spacial score (nSPS) is 11.8. The van der Waals surface area contributed by atoms with Gasteiger partial charge in [-0.05, 0) is 44.4 Å². The molecule has 0 spiro atoms. The molecule has 1 nitrogen and oxygen atoms in total. The Labute approximate surface area is 80.5 Å². The number of hydrogen-bond acceptors (Lipinski definition) is 1. The maximum Gasteiger partial charge on any atom is 0.0392 e. The van der Waals surface area contributed by atoms with Crippen molar-refractivity contribution in [3.05, 3.63) is 34.9 Å². The molecular formula is C12H17N. The summed E-state index contributed by atoms with van der Waals surface area (Å²) in [6, 6.07) is 6.36. The second kappa shape index (κ2) is 4.22. The fourth-order valence-electron chi connectivity index (χ4n) is 1.47. The van der Waals surface area contributed by atoms with Gasteiger partial charge in [-0.25, -0.2) is 0 Å². The fourth-order valence-corrected chi connectivity index (χ4v) is 1.47. The van der Waals surface area contributed by atoms with Crippen LogP contribution in [0, 0.1) is 13.8 Å². The highest BCUT2D eigenvalue weighted by Gasteiger charge is 2.02. The minimum Gasteiger partial charge on any atom is -0.290 e. The summed E-state index contributed by atoms with van der Waals surface area (Å²) in [6.07, 6.45) is 0. The van der Waals surface area contributed by atoms with Crippen LogP contribution in [0.3, 0.4) is 0 Å². The molecule has 0 aliphatic rings. The third kappa shape index (κ3) is 2.18. The maximum atomic E-state index is 4.41. The van der Waals surface area contributed by atoms with Crippen molar-refractivity contribution in [3.8, 4) is 0 Å². The van der Waals surface area contributed by atoms with E-state index in [1.165, 1.54) is 16.7 Å². The fraction of sp³-hybridized carbons (Fsp3) is 0.417. The van der Waals surface area contributed by atoms with Crippen LogP contribution in [0.1, 0.15) is 30.5 Å². The molecule has 1 aromatic rings. The second-order valence-electron chi connectivity index (χ2n) is 3.31. The Morgan fingerprint density at radius 2 is 2.00 bits per heavy atom. The van der Waals surface area contributed by atoms with Crippen LogP contribution in [0.25, 0.3) is 0 Å². The third-order valence-electron chi connectivity index (χ3n) is 2.39. The summed E-state index contributed by atoms with van der Waals surface area (Å²) in [5.41, 5.74) is 5.10. The summed E-state index contributed by atoms with van der Waals surface area (Å²) >= 11 is 0. The quantitative estimate of drug-likeness (QED) is 0.612. The minimum absolute atomic E-state index is 0.860. The van der Waals surface area contributed by atoms with Gasteiger partial charge >= 0.3 is 0 Å². The minimum atomic E-state index is 0.860. The molecule has 1 aromatic carbocycles. The number of rotatable bonds is 2. The van der Waals surface area contributed by atoms with Crippen molar-refractivity contribution in [1.29, 1.82) is 0 Å². The number of hydrogen-bond donors (Lipinski definition) is 0. The van der Waals surface area contributed by atoms with Crippen molar-refractivity contribution in [2.45, 2.75) is 27.7 Å². The van der Waals surface area contributed by atoms with Gasteiger partial charge in [-0.3, -0.25) is 4.99 Å². The molecule has 0 aromatic heterocycles. The van der Waals surface area contributed by atoms with Crippen molar-refractivity contribution in [3.63, 3.8) is 0 Å². The SMILES string of the molecule is CCN=C(C)c1cccc(C)c1C. The van der Waals surface area contributed by atoms with E-state index in [1.807, 2.05) is 0 Å². The molecule has 13 heavy (non-hydrogen) atoms. The monoisotopic (exact) mass is 175 g/mol. The number of benzene rings is 1. The Bertz CT molecular complexity index is 324. The first-order chi connectivity index (χ1) is 6.16. The Balaban J connectivity index is 3.15. The van der Waals surface area contributed by atoms with Gasteiger partial charge in [-0.2, -0.15) is 0 Å². The lowest BCUT2D eigenvalue weighted by molar-refractivity contribution is 1.12. The zero-order chi connectivity index (χ0) is 9.84. The van der Waals surface area contributed by atoms with Crippen LogP contribution in [-0.2, 0) is 0 Å². The zero-order valence-corrected chi connectivity index (χ0v) is 8.89. The first-order valence-electron chi connectivity index (χ1n) is 4.74. The third-order valence-corrected chi connectivity index (χ3v) is 2.39. The van der Waals surface area contributed by atoms with Gasteiger partial charge in [-0.15, -0.1) is 0 Å². The van der Waals surface area contributed by atoms with E-state index in [4.69, 9.17) is 0 Å². The Hall–Kier alpha value is -1.11. The molecule has 0 unspecified atom stereocenters. The predicted molar refractivity (Wildman–Crippen MR) is 58.7 cm³/mol. The van der Waals surface area contributed by atoms with Crippen LogP contribution in [0.15, 0.2) is 23.2 Å². The van der Waals surface area contributed by atoms with E-state index in [0.29, 0.717) is 0 Å². The molecule has 1 rings (SSSR count). The number of aryl methyl sites for hydroxylation is 1. The largest absolute Gasteiger partial charge is 0.290 e. The van der Waals surface area contributed by atoms with E-state index in [9.17, 15) is 0 Å². The molecule has 0 atom stereocenters. The maximum absolute atomic E-state index is 4.41. The smallest absolute Gasteiger partial charge is 0.0392 e. The summed E-state index contributed by atoms with van der Waals surface area (Å²) in [6.45, 7) is 9.29. The molecule has 0 N–H and O–H groups in total. The molecule has 0 aliphatic carbocycles. The first-order valence-corrected chi connectivity index (χ1v) is 4.74. The standard InChI is InChI=1S/C12H17N/c1-5-13-11(4)12-8-6-7-9(2)10(12)3/h6-8H,5H2,1-4H3. The zero-order valence-electron chi connectivity index (χ0n) is 8.89. The van der Waals surface area contributed by atoms with E-state index in [2.05, 4.69) is 50.9 Å². The van der Waals surface area contributed by atoms with Crippen LogP contribution < -0.4 is 0 Å². The highest BCUT2D eigenvalue weighted by molar-refractivity contribution is 6.00. The summed E-state index contributed by atoms with van der Waals surface area (Å²) in [5.74, 6) is 0. The molecule has 0 saturated carbocycles. The van der Waals surface area contributed by atoms with E-state index in [1.54, 1.807) is 0 Å². The number of nitrogens with zero attached hydrogens (tertiary/aromatic N) is 1. The van der Waals surface area contributed by atoms with Gasteiger partial charge in [0, 0.05) is 12.3 Å². The average Bonchev–Trinajstić information content (AvgIpc) is 2.10. The molecule has 0 saturated heterocycles. The molecule has 0 aliphatic heterocycles.